The van der Waals surface area contributed by atoms with E-state index in [4.69, 9.17) is 5.11 Å². The highest BCUT2D eigenvalue weighted by atomic mass is 16.4. The Hall–Kier alpha value is -1.71. The molecule has 0 saturated heterocycles. The van der Waals surface area contributed by atoms with Crippen molar-refractivity contribution in [2.24, 2.45) is 4.99 Å². The van der Waals surface area contributed by atoms with Crippen molar-refractivity contribution in [1.29, 1.82) is 0 Å². The standard InChI is InChI=1S/C10H11NO3/c12-9(6-7-10(13)14)11-8-4-2-1-3-5-8/h2-5H,1,6-7H2,(H,13,14). The molecule has 1 aliphatic rings. The van der Waals surface area contributed by atoms with Crippen molar-refractivity contribution in [2.75, 3.05) is 0 Å². The number of carboxylic acid groups (broad SMARTS) is 1. The highest BCUT2D eigenvalue weighted by Crippen LogP contribution is 2.00. The molecular weight excluding hydrogens is 182 g/mol. The zero-order chi connectivity index (χ0) is 10.4. The van der Waals surface area contributed by atoms with Crippen molar-refractivity contribution in [3.8, 4) is 0 Å². The average Bonchev–Trinajstić information content (AvgIpc) is 2.16. The van der Waals surface area contributed by atoms with Crippen molar-refractivity contribution in [1.82, 2.24) is 0 Å². The number of nitrogens with zero attached hydrogens (tertiary/aromatic N) is 1. The average molecular weight is 193 g/mol. The predicted octanol–water partition coefficient (Wildman–Crippen LogP) is 1.33. The van der Waals surface area contributed by atoms with E-state index < -0.39 is 11.9 Å². The SMILES string of the molecule is O=C(O)CCC(=O)N=C1C=CCC=C1. The van der Waals surface area contributed by atoms with Crippen LogP contribution in [0.3, 0.4) is 0 Å². The fraction of sp³-hybridized carbons (Fsp3) is 0.300. The Morgan fingerprint density at radius 2 is 1.93 bits per heavy atom. The van der Waals surface area contributed by atoms with E-state index in [0.29, 0.717) is 5.71 Å². The maximum atomic E-state index is 11.1. The Morgan fingerprint density at radius 1 is 1.29 bits per heavy atom. The number of carbonyl (C=O) groups is 2. The highest BCUT2D eigenvalue weighted by Gasteiger charge is 2.04. The van der Waals surface area contributed by atoms with E-state index in [2.05, 4.69) is 4.99 Å². The summed E-state index contributed by atoms with van der Waals surface area (Å²) in [6.07, 6.45) is 7.93. The lowest BCUT2D eigenvalue weighted by molar-refractivity contribution is -0.138. The second kappa shape index (κ2) is 5.11. The molecule has 1 aliphatic carbocycles. The van der Waals surface area contributed by atoms with Gasteiger partial charge in [-0.25, -0.2) is 4.99 Å². The van der Waals surface area contributed by atoms with Gasteiger partial charge in [0, 0.05) is 6.42 Å². The molecule has 4 nitrogen and oxygen atoms in total. The monoisotopic (exact) mass is 193 g/mol. The number of hydrogen-bond donors (Lipinski definition) is 1. The van der Waals surface area contributed by atoms with Gasteiger partial charge in [0.05, 0.1) is 12.1 Å². The third-order valence-electron chi connectivity index (χ3n) is 1.66. The normalized spacial score (nSPS) is 14.1. The van der Waals surface area contributed by atoms with E-state index in [9.17, 15) is 9.59 Å². The number of hydrogen-bond acceptors (Lipinski definition) is 2. The number of amides is 1. The maximum Gasteiger partial charge on any atom is 0.303 e. The minimum atomic E-state index is -0.978. The molecule has 74 valence electrons. The largest absolute Gasteiger partial charge is 0.481 e. The molecule has 0 aromatic rings. The summed E-state index contributed by atoms with van der Waals surface area (Å²) in [5.74, 6) is -1.37. The van der Waals surface area contributed by atoms with Gasteiger partial charge in [-0.3, -0.25) is 9.59 Å². The van der Waals surface area contributed by atoms with E-state index in [0.717, 1.165) is 6.42 Å². The number of aliphatic carboxylic acids is 1. The van der Waals surface area contributed by atoms with Crippen LogP contribution in [0.15, 0.2) is 29.3 Å². The Bertz CT molecular complexity index is 312. The van der Waals surface area contributed by atoms with Crippen LogP contribution >= 0.6 is 0 Å². The molecule has 0 saturated carbocycles. The quantitative estimate of drug-likeness (QED) is 0.735. The van der Waals surface area contributed by atoms with Crippen molar-refractivity contribution in [3.63, 3.8) is 0 Å². The van der Waals surface area contributed by atoms with E-state index in [1.54, 1.807) is 12.2 Å². The van der Waals surface area contributed by atoms with E-state index in [1.165, 1.54) is 0 Å². The molecule has 0 aromatic heterocycles. The van der Waals surface area contributed by atoms with E-state index >= 15 is 0 Å². The van der Waals surface area contributed by atoms with E-state index in [1.807, 2.05) is 12.2 Å². The Kier molecular flexibility index (Phi) is 3.79. The smallest absolute Gasteiger partial charge is 0.303 e. The van der Waals surface area contributed by atoms with Gasteiger partial charge in [-0.15, -0.1) is 0 Å². The summed E-state index contributed by atoms with van der Waals surface area (Å²) >= 11 is 0. The van der Waals surface area contributed by atoms with Crippen molar-refractivity contribution in [3.05, 3.63) is 24.3 Å². The topological polar surface area (TPSA) is 66.7 Å². The van der Waals surface area contributed by atoms with Gasteiger partial charge in [0.1, 0.15) is 0 Å². The molecule has 0 radical (unpaired) electrons. The number of carboxylic acids is 1. The van der Waals surface area contributed by atoms with Crippen LogP contribution in [0.25, 0.3) is 0 Å². The molecule has 0 aromatic carbocycles. The second-order valence-electron chi connectivity index (χ2n) is 2.86. The van der Waals surface area contributed by atoms with Crippen molar-refractivity contribution < 1.29 is 14.7 Å². The second-order valence-corrected chi connectivity index (χ2v) is 2.86. The van der Waals surface area contributed by atoms with Crippen LogP contribution in [0.4, 0.5) is 0 Å². The molecule has 0 unspecified atom stereocenters. The number of rotatable bonds is 3. The van der Waals surface area contributed by atoms with Crippen LogP contribution in [0.1, 0.15) is 19.3 Å². The lowest BCUT2D eigenvalue weighted by atomic mass is 10.2. The van der Waals surface area contributed by atoms with Gasteiger partial charge in [0.15, 0.2) is 0 Å². The van der Waals surface area contributed by atoms with Crippen LogP contribution in [-0.2, 0) is 9.59 Å². The first kappa shape index (κ1) is 10.4. The van der Waals surface area contributed by atoms with Crippen LogP contribution < -0.4 is 0 Å². The highest BCUT2D eigenvalue weighted by molar-refractivity contribution is 6.10. The summed E-state index contributed by atoms with van der Waals surface area (Å²) in [6.45, 7) is 0. The summed E-state index contributed by atoms with van der Waals surface area (Å²) in [6, 6.07) is 0. The van der Waals surface area contributed by atoms with Gasteiger partial charge in [-0.1, -0.05) is 12.2 Å². The molecule has 0 bridgehead atoms. The number of carbonyl (C=O) groups excluding carboxylic acids is 1. The summed E-state index contributed by atoms with van der Waals surface area (Å²) < 4.78 is 0. The Morgan fingerprint density at radius 3 is 2.50 bits per heavy atom. The first-order chi connectivity index (χ1) is 6.68. The van der Waals surface area contributed by atoms with Gasteiger partial charge in [-0.05, 0) is 18.6 Å². The minimum Gasteiger partial charge on any atom is -0.481 e. The molecule has 0 aliphatic heterocycles. The van der Waals surface area contributed by atoms with Crippen LogP contribution in [0.2, 0.25) is 0 Å². The molecule has 1 amide bonds. The molecule has 4 heteroatoms. The molecular formula is C10H11NO3. The Labute approximate surface area is 81.7 Å². The number of allylic oxidation sites excluding steroid dienone is 4. The van der Waals surface area contributed by atoms with Crippen molar-refractivity contribution >= 4 is 17.6 Å². The summed E-state index contributed by atoms with van der Waals surface area (Å²) in [5, 5.41) is 8.34. The maximum absolute atomic E-state index is 11.1. The third kappa shape index (κ3) is 3.80. The lowest BCUT2D eigenvalue weighted by Gasteiger charge is -1.97. The predicted molar refractivity (Wildman–Crippen MR) is 52.2 cm³/mol. The zero-order valence-corrected chi connectivity index (χ0v) is 7.64. The first-order valence-electron chi connectivity index (χ1n) is 4.35. The first-order valence-corrected chi connectivity index (χ1v) is 4.35. The van der Waals surface area contributed by atoms with Crippen LogP contribution in [0.5, 0.6) is 0 Å². The van der Waals surface area contributed by atoms with Gasteiger partial charge in [-0.2, -0.15) is 0 Å². The molecule has 0 heterocycles. The van der Waals surface area contributed by atoms with Gasteiger partial charge in [0.25, 0.3) is 0 Å². The fourth-order valence-electron chi connectivity index (χ4n) is 1.000. The molecule has 1 N–H and O–H groups in total. The van der Waals surface area contributed by atoms with Crippen molar-refractivity contribution in [2.45, 2.75) is 19.3 Å². The van der Waals surface area contributed by atoms with E-state index in [-0.39, 0.29) is 12.8 Å². The summed E-state index contributed by atoms with van der Waals surface area (Å²) in [5.41, 5.74) is 0.589. The van der Waals surface area contributed by atoms with Gasteiger partial charge >= 0.3 is 5.97 Å². The third-order valence-corrected chi connectivity index (χ3v) is 1.66. The Balaban J connectivity index is 2.46. The minimum absolute atomic E-state index is 0.0412. The summed E-state index contributed by atoms with van der Waals surface area (Å²) in [4.78, 5) is 25.0. The van der Waals surface area contributed by atoms with Gasteiger partial charge < -0.3 is 5.11 Å². The fourth-order valence-corrected chi connectivity index (χ4v) is 1.000. The molecule has 0 fully saturated rings. The molecule has 0 spiro atoms. The number of aliphatic imine (C=N–C) groups is 1. The molecule has 1 rings (SSSR count). The summed E-state index contributed by atoms with van der Waals surface area (Å²) in [7, 11) is 0. The van der Waals surface area contributed by atoms with Crippen LogP contribution in [0, 0.1) is 0 Å². The zero-order valence-electron chi connectivity index (χ0n) is 7.64. The lowest BCUT2D eigenvalue weighted by Crippen LogP contribution is -2.03. The molecule has 14 heavy (non-hydrogen) atoms. The van der Waals surface area contributed by atoms with Crippen LogP contribution in [-0.4, -0.2) is 22.7 Å². The van der Waals surface area contributed by atoms with Gasteiger partial charge in [0.2, 0.25) is 5.91 Å². The molecule has 0 atom stereocenters.